The first-order valence-electron chi connectivity index (χ1n) is 4.91. The van der Waals surface area contributed by atoms with E-state index in [1.165, 1.54) is 6.07 Å². The van der Waals surface area contributed by atoms with Crippen LogP contribution in [-0.2, 0) is 6.42 Å². The maximum Gasteiger partial charge on any atom is 0.165 e. The summed E-state index contributed by atoms with van der Waals surface area (Å²) in [6.07, 6.45) is 2.24. The van der Waals surface area contributed by atoms with Gasteiger partial charge < -0.3 is 10.5 Å². The molecule has 2 N–H and O–H groups in total. The van der Waals surface area contributed by atoms with Gasteiger partial charge in [-0.2, -0.15) is 0 Å². The molecule has 0 bridgehead atoms. The second-order valence-electron chi connectivity index (χ2n) is 3.55. The van der Waals surface area contributed by atoms with E-state index in [0.717, 1.165) is 5.56 Å². The molecule has 0 aromatic heterocycles. The maximum atomic E-state index is 13.4. The second-order valence-corrected chi connectivity index (χ2v) is 3.55. The summed E-state index contributed by atoms with van der Waals surface area (Å²) in [4.78, 5) is 0. The van der Waals surface area contributed by atoms with Gasteiger partial charge in [-0.15, -0.1) is 0 Å². The number of benzene rings is 1. The molecule has 0 fully saturated rings. The van der Waals surface area contributed by atoms with Gasteiger partial charge in [0.2, 0.25) is 0 Å². The fraction of sp³-hybridized carbons (Fsp3) is 0.333. The van der Waals surface area contributed by atoms with Crippen molar-refractivity contribution < 1.29 is 9.13 Å². The Kier molecular flexibility index (Phi) is 4.31. The molecule has 2 nitrogen and oxygen atoms in total. The van der Waals surface area contributed by atoms with Crippen molar-refractivity contribution in [3.05, 3.63) is 42.2 Å². The van der Waals surface area contributed by atoms with E-state index < -0.39 is 0 Å². The highest BCUT2D eigenvalue weighted by Crippen LogP contribution is 2.18. The fourth-order valence-electron chi connectivity index (χ4n) is 1.31. The van der Waals surface area contributed by atoms with Gasteiger partial charge in [0.25, 0.3) is 0 Å². The molecule has 0 heterocycles. The van der Waals surface area contributed by atoms with Gasteiger partial charge in [0.05, 0.1) is 0 Å². The number of hydrogen-bond donors (Lipinski definition) is 1. The standard InChI is InChI=1S/C12H16FNO/c1-3-6-15-12-5-4-10(7-9(2)14)8-11(12)13/h3-5,8-9H,1,6-7,14H2,2H3. The summed E-state index contributed by atoms with van der Waals surface area (Å²) in [6, 6.07) is 4.94. The summed E-state index contributed by atoms with van der Waals surface area (Å²) in [5.74, 6) is -0.0988. The number of nitrogens with two attached hydrogens (primary N) is 1. The Morgan fingerprint density at radius 2 is 2.33 bits per heavy atom. The lowest BCUT2D eigenvalue weighted by molar-refractivity contribution is 0.341. The zero-order valence-corrected chi connectivity index (χ0v) is 8.87. The number of ether oxygens (including phenoxy) is 1. The predicted octanol–water partition coefficient (Wildman–Crippen LogP) is 2.28. The van der Waals surface area contributed by atoms with Crippen LogP contribution in [0.15, 0.2) is 30.9 Å². The van der Waals surface area contributed by atoms with Crippen LogP contribution in [0, 0.1) is 5.82 Å². The zero-order valence-electron chi connectivity index (χ0n) is 8.87. The van der Waals surface area contributed by atoms with Gasteiger partial charge in [0, 0.05) is 6.04 Å². The van der Waals surface area contributed by atoms with Crippen molar-refractivity contribution in [2.24, 2.45) is 5.73 Å². The molecule has 0 saturated carbocycles. The van der Waals surface area contributed by atoms with Crippen LogP contribution in [0.4, 0.5) is 4.39 Å². The molecule has 1 rings (SSSR count). The monoisotopic (exact) mass is 209 g/mol. The molecule has 1 aromatic carbocycles. The molecule has 0 radical (unpaired) electrons. The summed E-state index contributed by atoms with van der Waals surface area (Å²) >= 11 is 0. The summed E-state index contributed by atoms with van der Waals surface area (Å²) in [7, 11) is 0. The molecule has 0 amide bonds. The Morgan fingerprint density at radius 3 is 2.87 bits per heavy atom. The summed E-state index contributed by atoms with van der Waals surface area (Å²) < 4.78 is 18.5. The van der Waals surface area contributed by atoms with Gasteiger partial charge in [-0.1, -0.05) is 18.7 Å². The van der Waals surface area contributed by atoms with Crippen molar-refractivity contribution in [2.75, 3.05) is 6.61 Å². The predicted molar refractivity (Wildman–Crippen MR) is 59.4 cm³/mol. The van der Waals surface area contributed by atoms with Crippen molar-refractivity contribution in [1.82, 2.24) is 0 Å². The van der Waals surface area contributed by atoms with Crippen molar-refractivity contribution in [2.45, 2.75) is 19.4 Å². The minimum Gasteiger partial charge on any atom is -0.486 e. The van der Waals surface area contributed by atoms with Crippen molar-refractivity contribution >= 4 is 0 Å². The minimum atomic E-state index is -0.352. The first-order chi connectivity index (χ1) is 7.13. The van der Waals surface area contributed by atoms with Gasteiger partial charge in [-0.3, -0.25) is 0 Å². The molecular formula is C12H16FNO. The van der Waals surface area contributed by atoms with E-state index in [4.69, 9.17) is 10.5 Å². The number of rotatable bonds is 5. The normalized spacial score (nSPS) is 12.2. The molecule has 15 heavy (non-hydrogen) atoms. The van der Waals surface area contributed by atoms with Gasteiger partial charge in [0.15, 0.2) is 11.6 Å². The van der Waals surface area contributed by atoms with Crippen molar-refractivity contribution in [1.29, 1.82) is 0 Å². The molecule has 0 aliphatic rings. The SMILES string of the molecule is C=CCOc1ccc(CC(C)N)cc1F. The topological polar surface area (TPSA) is 35.2 Å². The van der Waals surface area contributed by atoms with Crippen LogP contribution in [-0.4, -0.2) is 12.6 Å². The average molecular weight is 209 g/mol. The highest BCUT2D eigenvalue weighted by Gasteiger charge is 2.05. The number of halogens is 1. The first-order valence-corrected chi connectivity index (χ1v) is 4.91. The third kappa shape index (κ3) is 3.72. The Morgan fingerprint density at radius 1 is 1.60 bits per heavy atom. The highest BCUT2D eigenvalue weighted by atomic mass is 19.1. The Balaban J connectivity index is 2.73. The molecule has 0 spiro atoms. The Hall–Kier alpha value is -1.35. The maximum absolute atomic E-state index is 13.4. The van der Waals surface area contributed by atoms with Crippen LogP contribution >= 0.6 is 0 Å². The van der Waals surface area contributed by atoms with Gasteiger partial charge >= 0.3 is 0 Å². The van der Waals surface area contributed by atoms with E-state index in [0.29, 0.717) is 13.0 Å². The van der Waals surface area contributed by atoms with Crippen LogP contribution in [0.2, 0.25) is 0 Å². The Labute approximate surface area is 89.6 Å². The van der Waals surface area contributed by atoms with Crippen LogP contribution in [0.25, 0.3) is 0 Å². The molecule has 0 aliphatic carbocycles. The second kappa shape index (κ2) is 5.51. The lowest BCUT2D eigenvalue weighted by Gasteiger charge is -2.08. The van der Waals surface area contributed by atoms with Crippen molar-refractivity contribution in [3.8, 4) is 5.75 Å². The van der Waals surface area contributed by atoms with Gasteiger partial charge in [-0.25, -0.2) is 4.39 Å². The molecule has 1 atom stereocenters. The van der Waals surface area contributed by atoms with Gasteiger partial charge in [-0.05, 0) is 31.0 Å². The van der Waals surface area contributed by atoms with Gasteiger partial charge in [0.1, 0.15) is 6.61 Å². The third-order valence-corrected chi connectivity index (χ3v) is 1.91. The molecule has 1 aromatic rings. The lowest BCUT2D eigenvalue weighted by Crippen LogP contribution is -2.17. The quantitative estimate of drug-likeness (QED) is 0.755. The minimum absolute atomic E-state index is 0.0318. The summed E-state index contributed by atoms with van der Waals surface area (Å²) in [6.45, 7) is 5.70. The molecule has 82 valence electrons. The van der Waals surface area contributed by atoms with Crippen molar-refractivity contribution in [3.63, 3.8) is 0 Å². The lowest BCUT2D eigenvalue weighted by atomic mass is 10.1. The molecular weight excluding hydrogens is 193 g/mol. The molecule has 1 unspecified atom stereocenters. The van der Waals surface area contributed by atoms with Crippen LogP contribution in [0.1, 0.15) is 12.5 Å². The van der Waals surface area contributed by atoms with Crippen LogP contribution in [0.5, 0.6) is 5.75 Å². The molecule has 3 heteroatoms. The van der Waals surface area contributed by atoms with E-state index >= 15 is 0 Å². The fourth-order valence-corrected chi connectivity index (χ4v) is 1.31. The van der Waals surface area contributed by atoms with E-state index in [-0.39, 0.29) is 17.6 Å². The first kappa shape index (κ1) is 11.7. The smallest absolute Gasteiger partial charge is 0.165 e. The number of hydrogen-bond acceptors (Lipinski definition) is 2. The third-order valence-electron chi connectivity index (χ3n) is 1.91. The van der Waals surface area contributed by atoms with E-state index in [2.05, 4.69) is 6.58 Å². The van der Waals surface area contributed by atoms with E-state index in [1.54, 1.807) is 12.1 Å². The van der Waals surface area contributed by atoms with E-state index in [1.807, 2.05) is 13.0 Å². The van der Waals surface area contributed by atoms with Crippen LogP contribution < -0.4 is 10.5 Å². The largest absolute Gasteiger partial charge is 0.486 e. The summed E-state index contributed by atoms with van der Waals surface area (Å²) in [5.41, 5.74) is 6.51. The molecule has 0 saturated heterocycles. The zero-order chi connectivity index (χ0) is 11.3. The summed E-state index contributed by atoms with van der Waals surface area (Å²) in [5, 5.41) is 0. The Bertz CT molecular complexity index is 336. The average Bonchev–Trinajstić information content (AvgIpc) is 2.15. The van der Waals surface area contributed by atoms with E-state index in [9.17, 15) is 4.39 Å². The molecule has 0 aliphatic heterocycles. The highest BCUT2D eigenvalue weighted by molar-refractivity contribution is 5.29. The van der Waals surface area contributed by atoms with Crippen LogP contribution in [0.3, 0.4) is 0 Å².